The van der Waals surface area contributed by atoms with Gasteiger partial charge >= 0.3 is 0 Å². The van der Waals surface area contributed by atoms with E-state index in [-0.39, 0.29) is 11.2 Å². The van der Waals surface area contributed by atoms with Gasteiger partial charge < -0.3 is 5.73 Å². The number of Topliss-reactive ketones (excluding diaryl/α,β-unsaturated/α-hetero) is 1. The quantitative estimate of drug-likeness (QED) is 0.662. The number of ketones is 1. The average molecular weight is 302 g/mol. The lowest BCUT2D eigenvalue weighted by Gasteiger charge is -2.19. The van der Waals surface area contributed by atoms with Crippen molar-refractivity contribution in [1.29, 1.82) is 0 Å². The lowest BCUT2D eigenvalue weighted by atomic mass is 9.86. The lowest BCUT2D eigenvalue weighted by molar-refractivity contribution is 0.0994. The third-order valence-corrected chi connectivity index (χ3v) is 3.73. The van der Waals surface area contributed by atoms with Crippen molar-refractivity contribution in [3.8, 4) is 0 Å². The predicted molar refractivity (Wildman–Crippen MR) is 89.0 cm³/mol. The van der Waals surface area contributed by atoms with Crippen LogP contribution in [-0.2, 0) is 11.8 Å². The van der Waals surface area contributed by atoms with Crippen molar-refractivity contribution in [2.45, 2.75) is 32.6 Å². The maximum atomic E-state index is 12.3. The standard InChI is InChI=1S/C18H20ClNO/c1-18(2,3)13-6-4-12(5-7-13)10-17(21)15-9-8-14(19)11-16(15)20/h4-9,11H,10,20H2,1-3H3. The van der Waals surface area contributed by atoms with E-state index in [0.717, 1.165) is 5.56 Å². The molecule has 0 aromatic heterocycles. The Morgan fingerprint density at radius 2 is 1.71 bits per heavy atom. The van der Waals surface area contributed by atoms with Crippen molar-refractivity contribution in [1.82, 2.24) is 0 Å². The Bertz CT molecular complexity index is 654. The van der Waals surface area contributed by atoms with Crippen molar-refractivity contribution in [2.75, 3.05) is 5.73 Å². The Balaban J connectivity index is 2.16. The summed E-state index contributed by atoms with van der Waals surface area (Å²) >= 11 is 5.85. The minimum absolute atomic E-state index is 0.00711. The van der Waals surface area contributed by atoms with Crippen LogP contribution in [0.25, 0.3) is 0 Å². The molecule has 0 radical (unpaired) electrons. The van der Waals surface area contributed by atoms with Crippen molar-refractivity contribution >= 4 is 23.1 Å². The van der Waals surface area contributed by atoms with Crippen molar-refractivity contribution < 1.29 is 4.79 Å². The molecule has 0 aliphatic heterocycles. The Hall–Kier alpha value is -1.80. The van der Waals surface area contributed by atoms with Gasteiger partial charge in [-0.1, -0.05) is 56.6 Å². The third-order valence-electron chi connectivity index (χ3n) is 3.50. The molecule has 2 aromatic carbocycles. The summed E-state index contributed by atoms with van der Waals surface area (Å²) in [6.45, 7) is 6.50. The second-order valence-electron chi connectivity index (χ2n) is 6.28. The topological polar surface area (TPSA) is 43.1 Å². The second-order valence-corrected chi connectivity index (χ2v) is 6.71. The number of halogens is 1. The zero-order chi connectivity index (χ0) is 15.6. The van der Waals surface area contributed by atoms with E-state index in [1.54, 1.807) is 18.2 Å². The molecule has 0 fully saturated rings. The van der Waals surface area contributed by atoms with Gasteiger partial charge in [0.2, 0.25) is 0 Å². The summed E-state index contributed by atoms with van der Waals surface area (Å²) < 4.78 is 0. The zero-order valence-corrected chi connectivity index (χ0v) is 13.4. The van der Waals surface area contributed by atoms with Crippen LogP contribution >= 0.6 is 11.6 Å². The Morgan fingerprint density at radius 3 is 2.24 bits per heavy atom. The molecular formula is C18H20ClNO. The molecular weight excluding hydrogens is 282 g/mol. The summed E-state index contributed by atoms with van der Waals surface area (Å²) in [7, 11) is 0. The first kappa shape index (κ1) is 15.6. The summed E-state index contributed by atoms with van der Waals surface area (Å²) in [5.41, 5.74) is 9.17. The molecule has 0 spiro atoms. The van der Waals surface area contributed by atoms with Crippen molar-refractivity contribution in [2.24, 2.45) is 0 Å². The third kappa shape index (κ3) is 3.85. The molecule has 0 bridgehead atoms. The average Bonchev–Trinajstić information content (AvgIpc) is 2.38. The van der Waals surface area contributed by atoms with Crippen molar-refractivity contribution in [3.05, 3.63) is 64.2 Å². The number of nitrogens with two attached hydrogens (primary N) is 1. The number of hydrogen-bond donors (Lipinski definition) is 1. The van der Waals surface area contributed by atoms with Crippen LogP contribution in [0.5, 0.6) is 0 Å². The largest absolute Gasteiger partial charge is 0.398 e. The zero-order valence-electron chi connectivity index (χ0n) is 12.6. The normalized spacial score (nSPS) is 11.4. The fourth-order valence-electron chi connectivity index (χ4n) is 2.19. The first-order valence-electron chi connectivity index (χ1n) is 6.95. The number of nitrogen functional groups attached to an aromatic ring is 1. The molecule has 0 saturated carbocycles. The van der Waals surface area contributed by atoms with Gasteiger partial charge in [-0.25, -0.2) is 0 Å². The van der Waals surface area contributed by atoms with E-state index in [4.69, 9.17) is 17.3 Å². The number of carbonyl (C=O) groups excluding carboxylic acids is 1. The van der Waals surface area contributed by atoms with Crippen LogP contribution in [0.3, 0.4) is 0 Å². The van der Waals surface area contributed by atoms with E-state index in [2.05, 4.69) is 32.9 Å². The van der Waals surface area contributed by atoms with Crippen molar-refractivity contribution in [3.63, 3.8) is 0 Å². The van der Waals surface area contributed by atoms with Gasteiger partial charge in [0.05, 0.1) is 0 Å². The molecule has 21 heavy (non-hydrogen) atoms. The van der Waals surface area contributed by atoms with Crippen LogP contribution in [-0.4, -0.2) is 5.78 Å². The van der Waals surface area contributed by atoms with Gasteiger partial charge in [-0.3, -0.25) is 4.79 Å². The summed E-state index contributed by atoms with van der Waals surface area (Å²) in [5, 5.41) is 0.540. The molecule has 110 valence electrons. The highest BCUT2D eigenvalue weighted by Gasteiger charge is 2.14. The van der Waals surface area contributed by atoms with E-state index < -0.39 is 0 Å². The van der Waals surface area contributed by atoms with Crippen LogP contribution < -0.4 is 5.73 Å². The Morgan fingerprint density at radius 1 is 1.10 bits per heavy atom. The van der Waals surface area contributed by atoms with E-state index in [1.807, 2.05) is 12.1 Å². The van der Waals surface area contributed by atoms with Gasteiger partial charge in [0.25, 0.3) is 0 Å². The maximum Gasteiger partial charge on any atom is 0.169 e. The molecule has 0 saturated heterocycles. The van der Waals surface area contributed by atoms with Gasteiger partial charge in [0.1, 0.15) is 0 Å². The first-order chi connectivity index (χ1) is 9.77. The first-order valence-corrected chi connectivity index (χ1v) is 7.33. The molecule has 0 unspecified atom stereocenters. The van der Waals surface area contributed by atoms with Gasteiger partial charge in [0, 0.05) is 22.7 Å². The summed E-state index contributed by atoms with van der Waals surface area (Å²) in [6, 6.07) is 13.1. The Labute approximate surface area is 130 Å². The Kier molecular flexibility index (Phi) is 4.38. The van der Waals surface area contributed by atoms with Crippen LogP contribution in [0.1, 0.15) is 42.3 Å². The number of hydrogen-bond acceptors (Lipinski definition) is 2. The minimum Gasteiger partial charge on any atom is -0.398 e. The van der Waals surface area contributed by atoms with E-state index in [0.29, 0.717) is 22.7 Å². The van der Waals surface area contributed by atoms with Crippen LogP contribution in [0, 0.1) is 0 Å². The summed E-state index contributed by atoms with van der Waals surface area (Å²) in [5.74, 6) is 0.00711. The molecule has 0 amide bonds. The van der Waals surface area contributed by atoms with E-state index >= 15 is 0 Å². The van der Waals surface area contributed by atoms with Gasteiger partial charge in [-0.2, -0.15) is 0 Å². The predicted octanol–water partition coefficient (Wildman–Crippen LogP) is 4.65. The molecule has 0 atom stereocenters. The highest BCUT2D eigenvalue weighted by atomic mass is 35.5. The maximum absolute atomic E-state index is 12.3. The molecule has 2 N–H and O–H groups in total. The van der Waals surface area contributed by atoms with Crippen LogP contribution in [0.2, 0.25) is 5.02 Å². The number of carbonyl (C=O) groups is 1. The fraction of sp³-hybridized carbons (Fsp3) is 0.278. The molecule has 0 heterocycles. The minimum atomic E-state index is 0.00711. The number of benzene rings is 2. The van der Waals surface area contributed by atoms with Gasteiger partial charge in [0.15, 0.2) is 5.78 Å². The second kappa shape index (κ2) is 5.90. The molecule has 3 heteroatoms. The fourth-order valence-corrected chi connectivity index (χ4v) is 2.37. The van der Waals surface area contributed by atoms with Gasteiger partial charge in [-0.05, 0) is 34.7 Å². The van der Waals surface area contributed by atoms with Gasteiger partial charge in [-0.15, -0.1) is 0 Å². The monoisotopic (exact) mass is 301 g/mol. The summed E-state index contributed by atoms with van der Waals surface area (Å²) in [6.07, 6.45) is 0.344. The van der Waals surface area contributed by atoms with Crippen LogP contribution in [0.15, 0.2) is 42.5 Å². The molecule has 2 aromatic rings. The number of rotatable bonds is 3. The van der Waals surface area contributed by atoms with E-state index in [1.165, 1.54) is 5.56 Å². The smallest absolute Gasteiger partial charge is 0.169 e. The summed E-state index contributed by atoms with van der Waals surface area (Å²) in [4.78, 5) is 12.3. The van der Waals surface area contributed by atoms with Crippen LogP contribution in [0.4, 0.5) is 5.69 Å². The molecule has 0 aliphatic rings. The SMILES string of the molecule is CC(C)(C)c1ccc(CC(=O)c2ccc(Cl)cc2N)cc1. The van der Waals surface area contributed by atoms with E-state index in [9.17, 15) is 4.79 Å². The molecule has 2 rings (SSSR count). The highest BCUT2D eigenvalue weighted by molar-refractivity contribution is 6.31. The number of anilines is 1. The molecule has 2 nitrogen and oxygen atoms in total. The lowest BCUT2D eigenvalue weighted by Crippen LogP contribution is -2.11. The highest BCUT2D eigenvalue weighted by Crippen LogP contribution is 2.23. The molecule has 0 aliphatic carbocycles.